The monoisotopic (exact) mass is 335 g/mol. The quantitative estimate of drug-likeness (QED) is 0.852. The number of fused-ring (bicyclic) bond motifs is 1. The molecule has 2 aromatic rings. The smallest absolute Gasteiger partial charge is 0.335 e. The number of carboxylic acid groups (broad SMARTS) is 1. The molecule has 1 aliphatic rings. The van der Waals surface area contributed by atoms with Gasteiger partial charge in [0.1, 0.15) is 0 Å². The number of amides is 2. The first-order chi connectivity index (χ1) is 10.4. The van der Waals surface area contributed by atoms with Gasteiger partial charge >= 0.3 is 5.97 Å². The van der Waals surface area contributed by atoms with Gasteiger partial charge < -0.3 is 5.11 Å². The zero-order chi connectivity index (χ0) is 16.0. The van der Waals surface area contributed by atoms with E-state index in [0.29, 0.717) is 0 Å². The lowest BCUT2D eigenvalue weighted by Crippen LogP contribution is -2.29. The summed E-state index contributed by atoms with van der Waals surface area (Å²) in [4.78, 5) is 36.7. The van der Waals surface area contributed by atoms with Gasteiger partial charge in [-0.1, -0.05) is 23.2 Å². The van der Waals surface area contributed by atoms with E-state index in [1.54, 1.807) is 0 Å². The van der Waals surface area contributed by atoms with Gasteiger partial charge in [0.2, 0.25) is 0 Å². The third-order valence-corrected chi connectivity index (χ3v) is 3.68. The SMILES string of the molecule is O=C(O)c1ccc2c(c1)C(=O)N(c1cc(Cl)cc(Cl)c1)C2=O. The van der Waals surface area contributed by atoms with Gasteiger partial charge in [-0.15, -0.1) is 0 Å². The van der Waals surface area contributed by atoms with Gasteiger partial charge in [-0.05, 0) is 36.4 Å². The largest absolute Gasteiger partial charge is 0.478 e. The highest BCUT2D eigenvalue weighted by atomic mass is 35.5. The Morgan fingerprint density at radius 1 is 0.909 bits per heavy atom. The highest BCUT2D eigenvalue weighted by molar-refractivity contribution is 6.38. The van der Waals surface area contributed by atoms with Gasteiger partial charge in [-0.2, -0.15) is 0 Å². The van der Waals surface area contributed by atoms with Crippen LogP contribution in [0.3, 0.4) is 0 Å². The fourth-order valence-electron chi connectivity index (χ4n) is 2.28. The zero-order valence-electron chi connectivity index (χ0n) is 10.8. The number of anilines is 1. The molecule has 22 heavy (non-hydrogen) atoms. The maximum atomic E-state index is 12.4. The second kappa shape index (κ2) is 5.12. The van der Waals surface area contributed by atoms with Crippen LogP contribution in [-0.4, -0.2) is 22.9 Å². The highest BCUT2D eigenvalue weighted by Gasteiger charge is 2.37. The summed E-state index contributed by atoms with van der Waals surface area (Å²) >= 11 is 11.8. The third-order valence-electron chi connectivity index (χ3n) is 3.24. The van der Waals surface area contributed by atoms with E-state index in [1.165, 1.54) is 36.4 Å². The number of aromatic carboxylic acids is 1. The number of benzene rings is 2. The number of carbonyl (C=O) groups excluding carboxylic acids is 2. The fourth-order valence-corrected chi connectivity index (χ4v) is 2.79. The summed E-state index contributed by atoms with van der Waals surface area (Å²) in [6.07, 6.45) is 0. The minimum atomic E-state index is -1.17. The topological polar surface area (TPSA) is 74.7 Å². The Bertz CT molecular complexity index is 827. The van der Waals surface area contributed by atoms with Crippen molar-refractivity contribution in [1.29, 1.82) is 0 Å². The van der Waals surface area contributed by atoms with Crippen molar-refractivity contribution in [2.24, 2.45) is 0 Å². The van der Waals surface area contributed by atoms with Gasteiger partial charge in [0, 0.05) is 10.0 Å². The Kier molecular flexibility index (Phi) is 3.39. The lowest BCUT2D eigenvalue weighted by atomic mass is 10.1. The molecule has 5 nitrogen and oxygen atoms in total. The molecule has 7 heteroatoms. The molecule has 0 radical (unpaired) electrons. The minimum Gasteiger partial charge on any atom is -0.478 e. The first-order valence-electron chi connectivity index (χ1n) is 6.10. The Morgan fingerprint density at radius 3 is 2.09 bits per heavy atom. The number of imide groups is 1. The molecule has 0 aliphatic carbocycles. The number of rotatable bonds is 2. The van der Waals surface area contributed by atoms with Crippen LogP contribution >= 0.6 is 23.2 Å². The minimum absolute atomic E-state index is 0.0426. The summed E-state index contributed by atoms with van der Waals surface area (Å²) in [5.74, 6) is -2.33. The molecule has 0 unspecified atom stereocenters. The predicted octanol–water partition coefficient (Wildman–Crippen LogP) is 3.49. The van der Waals surface area contributed by atoms with Crippen LogP contribution in [0.1, 0.15) is 31.1 Å². The molecule has 0 bridgehead atoms. The zero-order valence-corrected chi connectivity index (χ0v) is 12.4. The molecule has 0 saturated carbocycles. The molecule has 2 aromatic carbocycles. The Morgan fingerprint density at radius 2 is 1.50 bits per heavy atom. The van der Waals surface area contributed by atoms with Gasteiger partial charge in [-0.25, -0.2) is 9.69 Å². The fraction of sp³-hybridized carbons (Fsp3) is 0. The lowest BCUT2D eigenvalue weighted by molar-refractivity contribution is 0.0696. The van der Waals surface area contributed by atoms with E-state index in [0.717, 1.165) is 4.90 Å². The second-order valence-corrected chi connectivity index (χ2v) is 5.51. The van der Waals surface area contributed by atoms with Crippen LogP contribution in [-0.2, 0) is 0 Å². The lowest BCUT2D eigenvalue weighted by Gasteiger charge is -2.14. The molecule has 1 heterocycles. The van der Waals surface area contributed by atoms with Crippen molar-refractivity contribution >= 4 is 46.7 Å². The van der Waals surface area contributed by atoms with E-state index in [2.05, 4.69) is 0 Å². The van der Waals surface area contributed by atoms with Crippen LogP contribution in [0.15, 0.2) is 36.4 Å². The summed E-state index contributed by atoms with van der Waals surface area (Å²) in [5.41, 5.74) is 0.360. The van der Waals surface area contributed by atoms with Crippen LogP contribution in [0.4, 0.5) is 5.69 Å². The number of carbonyl (C=O) groups is 3. The summed E-state index contributed by atoms with van der Waals surface area (Å²) in [6.45, 7) is 0. The van der Waals surface area contributed by atoms with Gasteiger partial charge in [0.15, 0.2) is 0 Å². The van der Waals surface area contributed by atoms with E-state index < -0.39 is 17.8 Å². The summed E-state index contributed by atoms with van der Waals surface area (Å²) < 4.78 is 0. The third kappa shape index (κ3) is 2.24. The standard InChI is InChI=1S/C15H7Cl2NO4/c16-8-4-9(17)6-10(5-8)18-13(19)11-2-1-7(15(21)22)3-12(11)14(18)20/h1-6H,(H,21,22). The van der Waals surface area contributed by atoms with Gasteiger partial charge in [0.05, 0.1) is 22.4 Å². The van der Waals surface area contributed by atoms with Crippen molar-refractivity contribution in [3.8, 4) is 0 Å². The maximum Gasteiger partial charge on any atom is 0.335 e. The number of carboxylic acids is 1. The highest BCUT2D eigenvalue weighted by Crippen LogP contribution is 2.32. The van der Waals surface area contributed by atoms with Crippen molar-refractivity contribution in [3.05, 3.63) is 63.1 Å². The summed E-state index contributed by atoms with van der Waals surface area (Å²) in [5, 5.41) is 9.54. The second-order valence-electron chi connectivity index (χ2n) is 4.64. The number of halogens is 2. The van der Waals surface area contributed by atoms with Crippen molar-refractivity contribution in [3.63, 3.8) is 0 Å². The molecule has 1 aliphatic heterocycles. The average molecular weight is 336 g/mol. The average Bonchev–Trinajstić information content (AvgIpc) is 2.69. The molecule has 0 atom stereocenters. The molecular weight excluding hydrogens is 329 g/mol. The van der Waals surface area contributed by atoms with Gasteiger partial charge in [-0.3, -0.25) is 9.59 Å². The van der Waals surface area contributed by atoms with Gasteiger partial charge in [0.25, 0.3) is 11.8 Å². The molecule has 110 valence electrons. The van der Waals surface area contributed by atoms with Crippen LogP contribution < -0.4 is 4.90 Å². The van der Waals surface area contributed by atoms with Crippen LogP contribution in [0, 0.1) is 0 Å². The van der Waals surface area contributed by atoms with E-state index in [9.17, 15) is 14.4 Å². The predicted molar refractivity (Wildman–Crippen MR) is 81.0 cm³/mol. The van der Waals surface area contributed by atoms with Crippen molar-refractivity contribution in [1.82, 2.24) is 0 Å². The van der Waals surface area contributed by atoms with E-state index in [1.807, 2.05) is 0 Å². The molecule has 3 rings (SSSR count). The number of hydrogen-bond acceptors (Lipinski definition) is 3. The number of hydrogen-bond donors (Lipinski definition) is 1. The first kappa shape index (κ1) is 14.6. The van der Waals surface area contributed by atoms with Crippen LogP contribution in [0.25, 0.3) is 0 Å². The molecule has 0 aromatic heterocycles. The summed E-state index contributed by atoms with van der Waals surface area (Å²) in [6, 6.07) is 8.14. The van der Waals surface area contributed by atoms with Crippen LogP contribution in [0.2, 0.25) is 10.0 Å². The maximum absolute atomic E-state index is 12.4. The summed E-state index contributed by atoms with van der Waals surface area (Å²) in [7, 11) is 0. The molecule has 0 fully saturated rings. The molecule has 2 amide bonds. The Hall–Kier alpha value is -2.37. The Balaban J connectivity index is 2.12. The van der Waals surface area contributed by atoms with Crippen LogP contribution in [0.5, 0.6) is 0 Å². The molecular formula is C15H7Cl2NO4. The van der Waals surface area contributed by atoms with Crippen molar-refractivity contribution in [2.45, 2.75) is 0 Å². The van der Waals surface area contributed by atoms with E-state index >= 15 is 0 Å². The molecule has 0 spiro atoms. The van der Waals surface area contributed by atoms with E-state index in [-0.39, 0.29) is 32.4 Å². The Labute approximate surface area is 134 Å². The van der Waals surface area contributed by atoms with Crippen molar-refractivity contribution in [2.75, 3.05) is 4.90 Å². The number of nitrogens with zero attached hydrogens (tertiary/aromatic N) is 1. The first-order valence-corrected chi connectivity index (χ1v) is 6.86. The normalized spacial score (nSPS) is 13.5. The molecule has 0 saturated heterocycles. The van der Waals surface area contributed by atoms with Crippen molar-refractivity contribution < 1.29 is 19.5 Å². The molecule has 1 N–H and O–H groups in total. The van der Waals surface area contributed by atoms with E-state index in [4.69, 9.17) is 28.3 Å².